The van der Waals surface area contributed by atoms with E-state index in [4.69, 9.17) is 0 Å². The Morgan fingerprint density at radius 1 is 1.18 bits per heavy atom. The van der Waals surface area contributed by atoms with Crippen molar-refractivity contribution in [3.8, 4) is 0 Å². The van der Waals surface area contributed by atoms with Crippen LogP contribution in [0.5, 0.6) is 0 Å². The maximum Gasteiger partial charge on any atom is 0.419 e. The van der Waals surface area contributed by atoms with Crippen LogP contribution in [0.4, 0.5) is 17.6 Å². The summed E-state index contributed by atoms with van der Waals surface area (Å²) in [6, 6.07) is 2.97. The van der Waals surface area contributed by atoms with E-state index >= 15 is 0 Å². The molecule has 1 aromatic rings. The van der Waals surface area contributed by atoms with Crippen LogP contribution in [-0.2, 0) is 6.18 Å². The van der Waals surface area contributed by atoms with Gasteiger partial charge in [-0.25, -0.2) is 4.39 Å². The van der Waals surface area contributed by atoms with E-state index in [2.05, 4.69) is 10.6 Å². The molecule has 2 N–H and O–H groups in total. The van der Waals surface area contributed by atoms with Gasteiger partial charge in [0, 0.05) is 31.2 Å². The quantitative estimate of drug-likeness (QED) is 0.743. The maximum absolute atomic E-state index is 13.8. The first-order valence-corrected chi connectivity index (χ1v) is 5.30. The molecule has 0 bridgehead atoms. The fourth-order valence-corrected chi connectivity index (χ4v) is 1.91. The van der Waals surface area contributed by atoms with E-state index in [1.807, 2.05) is 0 Å². The number of halogens is 4. The standard InChI is InChI=1S/C11H12F4N2/c12-10-7(9-6-16-4-5-17-9)2-1-3-8(10)11(13,14)15/h1-3,9,16-17H,4-6H2/t9-/m0/s1. The van der Waals surface area contributed by atoms with Crippen LogP contribution in [0, 0.1) is 5.82 Å². The molecule has 2 rings (SSSR count). The molecule has 0 amide bonds. The average Bonchev–Trinajstić information content (AvgIpc) is 2.29. The van der Waals surface area contributed by atoms with Gasteiger partial charge in [-0.1, -0.05) is 12.1 Å². The molecule has 0 saturated carbocycles. The van der Waals surface area contributed by atoms with Crippen molar-refractivity contribution in [1.29, 1.82) is 0 Å². The van der Waals surface area contributed by atoms with Crippen molar-refractivity contribution in [2.75, 3.05) is 19.6 Å². The minimum atomic E-state index is -4.65. The number of benzene rings is 1. The Bertz CT molecular complexity index is 397. The van der Waals surface area contributed by atoms with Gasteiger partial charge in [-0.3, -0.25) is 0 Å². The lowest BCUT2D eigenvalue weighted by atomic mass is 10.0. The summed E-state index contributed by atoms with van der Waals surface area (Å²) in [6.07, 6.45) is -4.65. The van der Waals surface area contributed by atoms with Crippen LogP contribution in [0.2, 0.25) is 0 Å². The van der Waals surface area contributed by atoms with E-state index in [9.17, 15) is 17.6 Å². The first kappa shape index (κ1) is 12.3. The zero-order chi connectivity index (χ0) is 12.5. The lowest BCUT2D eigenvalue weighted by Crippen LogP contribution is -2.43. The molecule has 94 valence electrons. The third kappa shape index (κ3) is 2.58. The van der Waals surface area contributed by atoms with Crippen molar-refractivity contribution >= 4 is 0 Å². The third-order valence-corrected chi connectivity index (χ3v) is 2.75. The number of hydrogen-bond donors (Lipinski definition) is 2. The summed E-state index contributed by atoms with van der Waals surface area (Å²) < 4.78 is 51.3. The molecular weight excluding hydrogens is 236 g/mol. The number of rotatable bonds is 1. The Balaban J connectivity index is 2.35. The van der Waals surface area contributed by atoms with Crippen molar-refractivity contribution in [3.05, 3.63) is 35.1 Å². The zero-order valence-electron chi connectivity index (χ0n) is 8.94. The molecule has 0 aromatic heterocycles. The van der Waals surface area contributed by atoms with Crippen LogP contribution < -0.4 is 10.6 Å². The lowest BCUT2D eigenvalue weighted by Gasteiger charge is -2.26. The SMILES string of the molecule is Fc1c([C@@H]2CNCCN2)cccc1C(F)(F)F. The topological polar surface area (TPSA) is 24.1 Å². The second kappa shape index (κ2) is 4.62. The fourth-order valence-electron chi connectivity index (χ4n) is 1.91. The molecule has 0 aliphatic carbocycles. The number of hydrogen-bond acceptors (Lipinski definition) is 2. The summed E-state index contributed by atoms with van der Waals surface area (Å²) in [6.45, 7) is 1.77. The van der Waals surface area contributed by atoms with Gasteiger partial charge in [-0.05, 0) is 6.07 Å². The maximum atomic E-state index is 13.8. The molecule has 0 radical (unpaired) electrons. The van der Waals surface area contributed by atoms with Crippen LogP contribution in [0.1, 0.15) is 17.2 Å². The molecule has 0 spiro atoms. The third-order valence-electron chi connectivity index (χ3n) is 2.75. The Kier molecular flexibility index (Phi) is 3.35. The predicted octanol–water partition coefficient (Wildman–Crippen LogP) is 2.08. The summed E-state index contributed by atoms with van der Waals surface area (Å²) in [5, 5.41) is 5.99. The summed E-state index contributed by atoms with van der Waals surface area (Å²) in [7, 11) is 0. The highest BCUT2D eigenvalue weighted by Crippen LogP contribution is 2.33. The van der Waals surface area contributed by atoms with Gasteiger partial charge in [0.2, 0.25) is 0 Å². The molecule has 1 aliphatic heterocycles. The fraction of sp³-hybridized carbons (Fsp3) is 0.455. The number of alkyl halides is 3. The number of piperazine rings is 1. The molecule has 6 heteroatoms. The van der Waals surface area contributed by atoms with Crippen molar-refractivity contribution in [2.24, 2.45) is 0 Å². The normalized spacial score (nSPS) is 21.5. The smallest absolute Gasteiger partial charge is 0.314 e. The molecular formula is C11H12F4N2. The molecule has 1 fully saturated rings. The van der Waals surface area contributed by atoms with Gasteiger partial charge in [0.15, 0.2) is 0 Å². The molecule has 1 aliphatic rings. The molecule has 2 nitrogen and oxygen atoms in total. The molecule has 1 heterocycles. The molecule has 1 saturated heterocycles. The highest BCUT2D eigenvalue weighted by atomic mass is 19.4. The van der Waals surface area contributed by atoms with Crippen molar-refractivity contribution < 1.29 is 17.6 Å². The summed E-state index contributed by atoms with van der Waals surface area (Å²) in [5.74, 6) is -1.18. The van der Waals surface area contributed by atoms with Gasteiger partial charge in [-0.15, -0.1) is 0 Å². The van der Waals surface area contributed by atoms with Gasteiger partial charge >= 0.3 is 6.18 Å². The second-order valence-corrected chi connectivity index (χ2v) is 3.92. The van der Waals surface area contributed by atoms with Crippen LogP contribution in [0.25, 0.3) is 0 Å². The Labute approximate surface area is 96.0 Å². The van der Waals surface area contributed by atoms with E-state index in [-0.39, 0.29) is 5.56 Å². The Morgan fingerprint density at radius 2 is 1.94 bits per heavy atom. The minimum Gasteiger partial charge on any atom is -0.314 e. The number of nitrogens with one attached hydrogen (secondary N) is 2. The van der Waals surface area contributed by atoms with Crippen LogP contribution in [0.3, 0.4) is 0 Å². The Hall–Kier alpha value is -1.14. The minimum absolute atomic E-state index is 0.0621. The molecule has 1 aromatic carbocycles. The largest absolute Gasteiger partial charge is 0.419 e. The van der Waals surface area contributed by atoms with Gasteiger partial charge < -0.3 is 10.6 Å². The van der Waals surface area contributed by atoms with E-state index < -0.39 is 23.6 Å². The van der Waals surface area contributed by atoms with Gasteiger partial charge in [-0.2, -0.15) is 13.2 Å². The Morgan fingerprint density at radius 3 is 2.53 bits per heavy atom. The first-order chi connectivity index (χ1) is 8.00. The molecule has 0 unspecified atom stereocenters. The highest BCUT2D eigenvalue weighted by molar-refractivity contribution is 5.30. The van der Waals surface area contributed by atoms with Gasteiger partial charge in [0.05, 0.1) is 5.56 Å². The van der Waals surface area contributed by atoms with E-state index in [0.29, 0.717) is 13.1 Å². The summed E-state index contributed by atoms with van der Waals surface area (Å²) in [5.41, 5.74) is -1.14. The first-order valence-electron chi connectivity index (χ1n) is 5.30. The zero-order valence-corrected chi connectivity index (χ0v) is 8.94. The molecule has 17 heavy (non-hydrogen) atoms. The summed E-state index contributed by atoms with van der Waals surface area (Å²) >= 11 is 0. The molecule has 1 atom stereocenters. The predicted molar refractivity (Wildman–Crippen MR) is 55.0 cm³/mol. The van der Waals surface area contributed by atoms with Crippen LogP contribution in [0.15, 0.2) is 18.2 Å². The monoisotopic (exact) mass is 248 g/mol. The van der Waals surface area contributed by atoms with Gasteiger partial charge in [0.1, 0.15) is 5.82 Å². The van der Waals surface area contributed by atoms with E-state index in [1.54, 1.807) is 0 Å². The van der Waals surface area contributed by atoms with Crippen LogP contribution in [-0.4, -0.2) is 19.6 Å². The van der Waals surface area contributed by atoms with Crippen LogP contribution >= 0.6 is 0 Å². The summed E-state index contributed by atoms with van der Waals surface area (Å²) in [4.78, 5) is 0. The van der Waals surface area contributed by atoms with E-state index in [0.717, 1.165) is 12.6 Å². The lowest BCUT2D eigenvalue weighted by molar-refractivity contribution is -0.140. The van der Waals surface area contributed by atoms with Crippen molar-refractivity contribution in [3.63, 3.8) is 0 Å². The van der Waals surface area contributed by atoms with Gasteiger partial charge in [0.25, 0.3) is 0 Å². The van der Waals surface area contributed by atoms with Crippen molar-refractivity contribution in [1.82, 2.24) is 10.6 Å². The highest BCUT2D eigenvalue weighted by Gasteiger charge is 2.35. The van der Waals surface area contributed by atoms with Crippen molar-refractivity contribution in [2.45, 2.75) is 12.2 Å². The second-order valence-electron chi connectivity index (χ2n) is 3.92. The van der Waals surface area contributed by atoms with E-state index in [1.165, 1.54) is 12.1 Å². The average molecular weight is 248 g/mol.